The Balaban J connectivity index is 1.88. The van der Waals surface area contributed by atoms with Crippen molar-refractivity contribution in [2.24, 2.45) is 0 Å². The zero-order valence-electron chi connectivity index (χ0n) is 8.36. The van der Waals surface area contributed by atoms with E-state index in [2.05, 4.69) is 36.5 Å². The summed E-state index contributed by atoms with van der Waals surface area (Å²) in [4.78, 5) is 1.47. The summed E-state index contributed by atoms with van der Waals surface area (Å²) in [5.41, 5.74) is 1.51. The van der Waals surface area contributed by atoms with E-state index in [0.29, 0.717) is 11.3 Å². The fourth-order valence-corrected chi connectivity index (χ4v) is 3.35. The van der Waals surface area contributed by atoms with Crippen LogP contribution in [-0.2, 0) is 0 Å². The van der Waals surface area contributed by atoms with E-state index in [0.717, 1.165) is 6.04 Å². The van der Waals surface area contributed by atoms with Crippen molar-refractivity contribution in [1.82, 2.24) is 5.32 Å². The molecular weight excluding hydrogens is 190 g/mol. The van der Waals surface area contributed by atoms with Crippen LogP contribution in [0.25, 0.3) is 0 Å². The molecule has 1 N–H and O–H groups in total. The quantitative estimate of drug-likeness (QED) is 0.796. The summed E-state index contributed by atoms with van der Waals surface area (Å²) in [7, 11) is 0. The Morgan fingerprint density at radius 1 is 1.29 bits per heavy atom. The molecule has 1 aromatic carbocycles. The van der Waals surface area contributed by atoms with Crippen molar-refractivity contribution in [1.29, 1.82) is 0 Å². The molecule has 1 aromatic rings. The topological polar surface area (TPSA) is 12.0 Å². The van der Waals surface area contributed by atoms with Crippen molar-refractivity contribution >= 4 is 11.8 Å². The highest BCUT2D eigenvalue weighted by Crippen LogP contribution is 2.44. The molecular formula is C12H15NS. The fraction of sp³-hybridized carbons (Fsp3) is 0.500. The van der Waals surface area contributed by atoms with Crippen LogP contribution in [0.3, 0.4) is 0 Å². The molecule has 0 amide bonds. The predicted molar refractivity (Wildman–Crippen MR) is 60.7 cm³/mol. The maximum absolute atomic E-state index is 3.74. The van der Waals surface area contributed by atoms with Gasteiger partial charge in [0.1, 0.15) is 0 Å². The average Bonchev–Trinajstić information content (AvgIpc) is 2.93. The van der Waals surface area contributed by atoms with Crippen LogP contribution in [0, 0.1) is 0 Å². The van der Waals surface area contributed by atoms with E-state index in [1.54, 1.807) is 0 Å². The molecule has 0 aromatic heterocycles. The average molecular weight is 205 g/mol. The molecule has 1 nitrogen and oxygen atoms in total. The van der Waals surface area contributed by atoms with Gasteiger partial charge in [0.25, 0.3) is 0 Å². The first kappa shape index (κ1) is 8.81. The van der Waals surface area contributed by atoms with E-state index in [-0.39, 0.29) is 0 Å². The van der Waals surface area contributed by atoms with Gasteiger partial charge in [-0.2, -0.15) is 0 Å². The van der Waals surface area contributed by atoms with Gasteiger partial charge in [-0.15, -0.1) is 11.8 Å². The molecule has 0 radical (unpaired) electrons. The van der Waals surface area contributed by atoms with Crippen molar-refractivity contribution in [3.05, 3.63) is 29.8 Å². The summed E-state index contributed by atoms with van der Waals surface area (Å²) in [5.74, 6) is 0. The summed E-state index contributed by atoms with van der Waals surface area (Å²) in [5, 5.41) is 4.43. The first-order chi connectivity index (χ1) is 6.84. The van der Waals surface area contributed by atoms with Crippen LogP contribution in [0.1, 0.15) is 31.4 Å². The molecule has 1 aliphatic heterocycles. The minimum absolute atomic E-state index is 0.587. The number of fused-ring (bicyclic) bond motifs is 1. The molecule has 1 fully saturated rings. The lowest BCUT2D eigenvalue weighted by Gasteiger charge is -2.17. The van der Waals surface area contributed by atoms with Gasteiger partial charge in [0.2, 0.25) is 0 Å². The zero-order chi connectivity index (χ0) is 9.54. The number of benzene rings is 1. The van der Waals surface area contributed by atoms with Crippen LogP contribution in [0.4, 0.5) is 0 Å². The second-order valence-corrected chi connectivity index (χ2v) is 5.70. The molecule has 1 saturated carbocycles. The molecule has 2 aliphatic rings. The van der Waals surface area contributed by atoms with Gasteiger partial charge in [0.05, 0.1) is 0 Å². The highest BCUT2D eigenvalue weighted by Gasteiger charge is 2.34. The molecule has 1 aliphatic carbocycles. The Bertz CT molecular complexity index is 346. The number of nitrogens with one attached hydrogen (secondary N) is 1. The number of hydrogen-bond donors (Lipinski definition) is 1. The largest absolute Gasteiger partial charge is 0.306 e. The van der Waals surface area contributed by atoms with E-state index in [1.165, 1.54) is 23.3 Å². The molecule has 2 unspecified atom stereocenters. The van der Waals surface area contributed by atoms with Gasteiger partial charge in [-0.25, -0.2) is 0 Å². The minimum atomic E-state index is 0.587. The third kappa shape index (κ3) is 1.47. The molecule has 74 valence electrons. The van der Waals surface area contributed by atoms with Crippen LogP contribution < -0.4 is 5.32 Å². The summed E-state index contributed by atoms with van der Waals surface area (Å²) in [6.07, 6.45) is 2.74. The maximum atomic E-state index is 3.74. The van der Waals surface area contributed by atoms with Gasteiger partial charge < -0.3 is 5.32 Å². The zero-order valence-corrected chi connectivity index (χ0v) is 9.18. The van der Waals surface area contributed by atoms with Crippen molar-refractivity contribution in [3.8, 4) is 0 Å². The Kier molecular flexibility index (Phi) is 2.06. The Labute approximate surface area is 89.3 Å². The third-order valence-corrected chi connectivity index (χ3v) is 4.30. The molecule has 0 saturated heterocycles. The molecule has 14 heavy (non-hydrogen) atoms. The van der Waals surface area contributed by atoms with Crippen molar-refractivity contribution in [3.63, 3.8) is 0 Å². The van der Waals surface area contributed by atoms with Crippen LogP contribution in [0.5, 0.6) is 0 Å². The number of rotatable bonds is 2. The SMILES string of the molecule is CC1Sc2ccccc2C1NC1CC1. The predicted octanol–water partition coefficient (Wildman–Crippen LogP) is 2.97. The van der Waals surface area contributed by atoms with Crippen LogP contribution in [-0.4, -0.2) is 11.3 Å². The maximum Gasteiger partial charge on any atom is 0.0454 e. The molecule has 2 atom stereocenters. The van der Waals surface area contributed by atoms with Gasteiger partial charge in [0, 0.05) is 22.2 Å². The summed E-state index contributed by atoms with van der Waals surface area (Å²) >= 11 is 2.01. The molecule has 2 heteroatoms. The monoisotopic (exact) mass is 205 g/mol. The van der Waals surface area contributed by atoms with Crippen molar-refractivity contribution in [2.75, 3.05) is 0 Å². The lowest BCUT2D eigenvalue weighted by Crippen LogP contribution is -2.27. The van der Waals surface area contributed by atoms with Gasteiger partial charge >= 0.3 is 0 Å². The summed E-state index contributed by atoms with van der Waals surface area (Å²) in [6.45, 7) is 2.32. The van der Waals surface area contributed by atoms with Gasteiger partial charge in [0.15, 0.2) is 0 Å². The molecule has 0 spiro atoms. The lowest BCUT2D eigenvalue weighted by molar-refractivity contribution is 0.531. The van der Waals surface area contributed by atoms with Gasteiger partial charge in [-0.05, 0) is 24.5 Å². The number of thioether (sulfide) groups is 1. The van der Waals surface area contributed by atoms with Gasteiger partial charge in [-0.3, -0.25) is 0 Å². The highest BCUT2D eigenvalue weighted by atomic mass is 32.2. The van der Waals surface area contributed by atoms with E-state index >= 15 is 0 Å². The standard InChI is InChI=1S/C12H15NS/c1-8-12(13-9-6-7-9)10-4-2-3-5-11(10)14-8/h2-5,8-9,12-13H,6-7H2,1H3. The van der Waals surface area contributed by atoms with E-state index < -0.39 is 0 Å². The number of hydrogen-bond acceptors (Lipinski definition) is 2. The van der Waals surface area contributed by atoms with Crippen molar-refractivity contribution in [2.45, 2.75) is 42.0 Å². The smallest absolute Gasteiger partial charge is 0.0454 e. The first-order valence-corrected chi connectivity index (χ1v) is 6.24. The van der Waals surface area contributed by atoms with Crippen LogP contribution in [0.15, 0.2) is 29.2 Å². The van der Waals surface area contributed by atoms with E-state index in [9.17, 15) is 0 Å². The lowest BCUT2D eigenvalue weighted by atomic mass is 10.0. The highest BCUT2D eigenvalue weighted by molar-refractivity contribution is 8.00. The Hall–Kier alpha value is -0.470. The summed E-state index contributed by atoms with van der Waals surface area (Å²) in [6, 6.07) is 10.2. The second-order valence-electron chi connectivity index (χ2n) is 4.28. The minimum Gasteiger partial charge on any atom is -0.306 e. The van der Waals surface area contributed by atoms with Crippen molar-refractivity contribution < 1.29 is 0 Å². The van der Waals surface area contributed by atoms with Gasteiger partial charge in [-0.1, -0.05) is 25.1 Å². The Morgan fingerprint density at radius 2 is 2.07 bits per heavy atom. The molecule has 0 bridgehead atoms. The van der Waals surface area contributed by atoms with Crippen LogP contribution in [0.2, 0.25) is 0 Å². The summed E-state index contributed by atoms with van der Waals surface area (Å²) < 4.78 is 0. The normalized spacial score (nSPS) is 30.4. The Morgan fingerprint density at radius 3 is 2.86 bits per heavy atom. The third-order valence-electron chi connectivity index (χ3n) is 3.03. The molecule has 1 heterocycles. The first-order valence-electron chi connectivity index (χ1n) is 5.36. The van der Waals surface area contributed by atoms with E-state index in [1.807, 2.05) is 11.8 Å². The molecule has 3 rings (SSSR count). The van der Waals surface area contributed by atoms with Crippen LogP contribution >= 0.6 is 11.8 Å². The second kappa shape index (κ2) is 3.28. The fourth-order valence-electron chi connectivity index (χ4n) is 2.10. The van der Waals surface area contributed by atoms with E-state index in [4.69, 9.17) is 0 Å².